The number of anilines is 2. The van der Waals surface area contributed by atoms with Crippen LogP contribution in [0.4, 0.5) is 11.4 Å². The molecule has 176 valence electrons. The van der Waals surface area contributed by atoms with E-state index in [0.29, 0.717) is 40.7 Å². The summed E-state index contributed by atoms with van der Waals surface area (Å²) in [6.45, 7) is 1.61. The van der Waals surface area contributed by atoms with Crippen molar-refractivity contribution in [2.45, 2.75) is 19.8 Å². The molecule has 9 heteroatoms. The highest BCUT2D eigenvalue weighted by molar-refractivity contribution is 9.10. The van der Waals surface area contributed by atoms with E-state index in [2.05, 4.69) is 26.6 Å². The summed E-state index contributed by atoms with van der Waals surface area (Å²) in [5.74, 6) is -0.278. The zero-order valence-corrected chi connectivity index (χ0v) is 20.6. The molecule has 3 aromatic carbocycles. The second-order valence-electron chi connectivity index (χ2n) is 7.20. The predicted molar refractivity (Wildman–Crippen MR) is 135 cm³/mol. The summed E-state index contributed by atoms with van der Waals surface area (Å²) in [5.41, 5.74) is 1.22. The van der Waals surface area contributed by atoms with Crippen LogP contribution in [-0.2, 0) is 9.59 Å². The van der Waals surface area contributed by atoms with E-state index in [0.717, 1.165) is 4.47 Å². The lowest BCUT2D eigenvalue weighted by atomic mass is 10.2. The number of nitrogens with one attached hydrogen (secondary N) is 2. The van der Waals surface area contributed by atoms with Crippen molar-refractivity contribution in [3.05, 3.63) is 81.8 Å². The Morgan fingerprint density at radius 2 is 1.68 bits per heavy atom. The number of rotatable bonds is 9. The molecule has 0 radical (unpaired) electrons. The lowest BCUT2D eigenvalue weighted by Crippen LogP contribution is -2.17. The molecule has 0 aromatic heterocycles. The highest BCUT2D eigenvalue weighted by atomic mass is 79.9. The molecule has 0 bridgehead atoms. The Morgan fingerprint density at radius 1 is 0.941 bits per heavy atom. The summed E-state index contributed by atoms with van der Waals surface area (Å²) < 4.78 is 11.5. The molecular weight excluding hydrogens is 524 g/mol. The number of esters is 1. The zero-order valence-electron chi connectivity index (χ0n) is 18.3. The second kappa shape index (κ2) is 12.2. The van der Waals surface area contributed by atoms with E-state index in [-0.39, 0.29) is 18.1 Å². The summed E-state index contributed by atoms with van der Waals surface area (Å²) in [6, 6.07) is 18.5. The molecule has 0 saturated carbocycles. The van der Waals surface area contributed by atoms with Gasteiger partial charge in [-0.05, 0) is 55.0 Å². The van der Waals surface area contributed by atoms with Crippen LogP contribution in [0.25, 0.3) is 0 Å². The van der Waals surface area contributed by atoms with Crippen molar-refractivity contribution in [2.24, 2.45) is 0 Å². The van der Waals surface area contributed by atoms with Crippen LogP contribution in [0.3, 0.4) is 0 Å². The SMILES string of the molecule is CC(=O)Oc1cccc(C(=O)Nc2ccccc2NC(=O)CCCOc2ccc(Br)cc2Cl)c1. The van der Waals surface area contributed by atoms with Crippen LogP contribution in [0.2, 0.25) is 5.02 Å². The van der Waals surface area contributed by atoms with Gasteiger partial charge in [-0.15, -0.1) is 0 Å². The van der Waals surface area contributed by atoms with E-state index >= 15 is 0 Å². The number of hydrogen-bond acceptors (Lipinski definition) is 5. The fraction of sp³-hybridized carbons (Fsp3) is 0.160. The van der Waals surface area contributed by atoms with Crippen LogP contribution in [0.15, 0.2) is 71.2 Å². The molecule has 0 atom stereocenters. The van der Waals surface area contributed by atoms with Gasteiger partial charge in [-0.3, -0.25) is 14.4 Å². The molecule has 0 unspecified atom stereocenters. The van der Waals surface area contributed by atoms with Crippen molar-refractivity contribution in [1.82, 2.24) is 0 Å². The molecular formula is C25H22BrClN2O5. The molecule has 3 rings (SSSR count). The topological polar surface area (TPSA) is 93.7 Å². The molecule has 7 nitrogen and oxygen atoms in total. The minimum Gasteiger partial charge on any atom is -0.492 e. The van der Waals surface area contributed by atoms with E-state index in [9.17, 15) is 14.4 Å². The van der Waals surface area contributed by atoms with Crippen molar-refractivity contribution in [3.63, 3.8) is 0 Å². The first-order chi connectivity index (χ1) is 16.3. The predicted octanol–water partition coefficient (Wildman–Crippen LogP) is 6.08. The highest BCUT2D eigenvalue weighted by Crippen LogP contribution is 2.28. The monoisotopic (exact) mass is 544 g/mol. The minimum absolute atomic E-state index is 0.218. The summed E-state index contributed by atoms with van der Waals surface area (Å²) in [5, 5.41) is 6.07. The first kappa shape index (κ1) is 25.3. The molecule has 0 heterocycles. The molecule has 34 heavy (non-hydrogen) atoms. The first-order valence-corrected chi connectivity index (χ1v) is 11.6. The number of ether oxygens (including phenoxy) is 2. The summed E-state index contributed by atoms with van der Waals surface area (Å²) in [6.07, 6.45) is 0.705. The largest absolute Gasteiger partial charge is 0.492 e. The standard InChI is InChI=1S/C25H22BrClN2O5/c1-16(30)34-19-7-4-6-17(14-19)25(32)29-22-9-3-2-8-21(22)28-24(31)10-5-13-33-23-12-11-18(26)15-20(23)27/h2-4,6-9,11-12,14-15H,5,10,13H2,1H3,(H,28,31)(H,29,32). The average molecular weight is 546 g/mol. The third-order valence-electron chi connectivity index (χ3n) is 4.51. The van der Waals surface area contributed by atoms with Gasteiger partial charge in [-0.1, -0.05) is 45.7 Å². The van der Waals surface area contributed by atoms with Gasteiger partial charge in [0.1, 0.15) is 11.5 Å². The van der Waals surface area contributed by atoms with E-state index in [1.807, 2.05) is 6.07 Å². The van der Waals surface area contributed by atoms with Gasteiger partial charge in [-0.2, -0.15) is 0 Å². The van der Waals surface area contributed by atoms with Crippen molar-refractivity contribution in [2.75, 3.05) is 17.2 Å². The molecule has 3 aromatic rings. The Hall–Kier alpha value is -3.36. The van der Waals surface area contributed by atoms with Gasteiger partial charge in [0.25, 0.3) is 5.91 Å². The van der Waals surface area contributed by atoms with Gasteiger partial charge >= 0.3 is 5.97 Å². The first-order valence-electron chi connectivity index (χ1n) is 10.4. The molecule has 2 amide bonds. The molecule has 0 spiro atoms. The van der Waals surface area contributed by atoms with E-state index in [1.54, 1.807) is 54.6 Å². The fourth-order valence-corrected chi connectivity index (χ4v) is 3.71. The third-order valence-corrected chi connectivity index (χ3v) is 5.30. The van der Waals surface area contributed by atoms with Gasteiger partial charge in [0.2, 0.25) is 5.91 Å². The van der Waals surface area contributed by atoms with Gasteiger partial charge in [-0.25, -0.2) is 0 Å². The van der Waals surface area contributed by atoms with Crippen LogP contribution in [-0.4, -0.2) is 24.4 Å². The number of carbonyl (C=O) groups is 3. The molecule has 0 fully saturated rings. The number of para-hydroxylation sites is 2. The summed E-state index contributed by atoms with van der Waals surface area (Å²) in [7, 11) is 0. The maximum atomic E-state index is 12.7. The molecule has 0 aliphatic heterocycles. The molecule has 2 N–H and O–H groups in total. The number of hydrogen-bond donors (Lipinski definition) is 2. The summed E-state index contributed by atoms with van der Waals surface area (Å²) in [4.78, 5) is 36.3. The van der Waals surface area contributed by atoms with Crippen LogP contribution >= 0.6 is 27.5 Å². The Morgan fingerprint density at radius 3 is 2.38 bits per heavy atom. The number of amides is 2. The lowest BCUT2D eigenvalue weighted by Gasteiger charge is -2.13. The molecule has 0 aliphatic rings. The van der Waals surface area contributed by atoms with Crippen LogP contribution in [0.1, 0.15) is 30.1 Å². The maximum absolute atomic E-state index is 12.7. The maximum Gasteiger partial charge on any atom is 0.308 e. The molecule has 0 saturated heterocycles. The zero-order chi connectivity index (χ0) is 24.5. The van der Waals surface area contributed by atoms with Gasteiger partial charge < -0.3 is 20.1 Å². The van der Waals surface area contributed by atoms with Crippen molar-refractivity contribution < 1.29 is 23.9 Å². The Labute approximate surface area is 210 Å². The van der Waals surface area contributed by atoms with E-state index in [4.69, 9.17) is 21.1 Å². The van der Waals surface area contributed by atoms with E-state index in [1.165, 1.54) is 13.0 Å². The number of benzene rings is 3. The van der Waals surface area contributed by atoms with Gasteiger partial charge in [0.15, 0.2) is 0 Å². The third kappa shape index (κ3) is 7.60. The summed E-state index contributed by atoms with van der Waals surface area (Å²) >= 11 is 9.46. The smallest absolute Gasteiger partial charge is 0.308 e. The second-order valence-corrected chi connectivity index (χ2v) is 8.52. The van der Waals surface area contributed by atoms with E-state index < -0.39 is 11.9 Å². The van der Waals surface area contributed by atoms with Crippen LogP contribution in [0.5, 0.6) is 11.5 Å². The lowest BCUT2D eigenvalue weighted by molar-refractivity contribution is -0.131. The van der Waals surface area contributed by atoms with Crippen molar-refractivity contribution in [3.8, 4) is 11.5 Å². The van der Waals surface area contributed by atoms with Crippen molar-refractivity contribution >= 4 is 56.7 Å². The fourth-order valence-electron chi connectivity index (χ4n) is 2.98. The Balaban J connectivity index is 1.54. The Bertz CT molecular complexity index is 1200. The number of carbonyl (C=O) groups excluding carboxylic acids is 3. The highest BCUT2D eigenvalue weighted by Gasteiger charge is 2.12. The van der Waals surface area contributed by atoms with Gasteiger partial charge in [0, 0.05) is 23.4 Å². The number of halogens is 2. The van der Waals surface area contributed by atoms with Crippen LogP contribution < -0.4 is 20.1 Å². The minimum atomic E-state index is -0.476. The van der Waals surface area contributed by atoms with Gasteiger partial charge in [0.05, 0.1) is 23.0 Å². The average Bonchev–Trinajstić information content (AvgIpc) is 2.79. The van der Waals surface area contributed by atoms with Crippen LogP contribution in [0, 0.1) is 0 Å². The normalized spacial score (nSPS) is 10.3. The Kier molecular flexibility index (Phi) is 9.07. The molecule has 0 aliphatic carbocycles. The quantitative estimate of drug-likeness (QED) is 0.193. The van der Waals surface area contributed by atoms with Crippen molar-refractivity contribution in [1.29, 1.82) is 0 Å².